The van der Waals surface area contributed by atoms with Gasteiger partial charge in [0, 0.05) is 13.1 Å². The number of H-pyrrole nitrogens is 1. The van der Waals surface area contributed by atoms with E-state index in [2.05, 4.69) is 25.9 Å². The number of aromatic nitrogens is 2. The van der Waals surface area contributed by atoms with Crippen molar-refractivity contribution < 1.29 is 28.7 Å². The fraction of sp³-hybridized carbons (Fsp3) is 0.536. The van der Waals surface area contributed by atoms with Gasteiger partial charge < -0.3 is 30.4 Å². The number of nitrogens with zero attached hydrogens (tertiary/aromatic N) is 1. The van der Waals surface area contributed by atoms with E-state index in [0.29, 0.717) is 13.0 Å². The van der Waals surface area contributed by atoms with Crippen molar-refractivity contribution in [2.45, 2.75) is 92.1 Å². The summed E-state index contributed by atoms with van der Waals surface area (Å²) in [6.07, 6.45) is 1.12. The summed E-state index contributed by atoms with van der Waals surface area (Å²) < 4.78 is 10.7. The summed E-state index contributed by atoms with van der Waals surface area (Å²) in [6.45, 7) is 15.0. The number of carbonyl (C=O) groups is 4. The van der Waals surface area contributed by atoms with Crippen LogP contribution in [-0.2, 0) is 27.4 Å². The van der Waals surface area contributed by atoms with Gasteiger partial charge in [0.05, 0.1) is 6.33 Å². The van der Waals surface area contributed by atoms with Crippen molar-refractivity contribution in [3.63, 3.8) is 0 Å². The van der Waals surface area contributed by atoms with Crippen LogP contribution in [0.4, 0.5) is 4.79 Å². The maximum absolute atomic E-state index is 13.0. The number of ether oxygens (including phenoxy) is 2. The van der Waals surface area contributed by atoms with Crippen molar-refractivity contribution in [1.82, 2.24) is 25.9 Å². The van der Waals surface area contributed by atoms with Crippen LogP contribution in [0.15, 0.2) is 30.6 Å². The quantitative estimate of drug-likeness (QED) is 0.332. The third-order valence-electron chi connectivity index (χ3n) is 5.10. The van der Waals surface area contributed by atoms with Gasteiger partial charge in [-0.2, -0.15) is 0 Å². The van der Waals surface area contributed by atoms with Gasteiger partial charge in [-0.15, -0.1) is 0 Å². The van der Waals surface area contributed by atoms with E-state index >= 15 is 0 Å². The van der Waals surface area contributed by atoms with E-state index in [9.17, 15) is 19.2 Å². The number of imidazole rings is 1. The van der Waals surface area contributed by atoms with E-state index in [1.54, 1.807) is 41.5 Å². The second-order valence-electron chi connectivity index (χ2n) is 11.7. The minimum absolute atomic E-state index is 0.0156. The fourth-order valence-corrected chi connectivity index (χ4v) is 3.46. The Kier molecular flexibility index (Phi) is 10.6. The van der Waals surface area contributed by atoms with Gasteiger partial charge >= 0.3 is 12.1 Å². The second kappa shape index (κ2) is 13.3. The van der Waals surface area contributed by atoms with Crippen molar-refractivity contribution in [2.24, 2.45) is 5.92 Å². The predicted octanol–water partition coefficient (Wildman–Crippen LogP) is 3.85. The minimum atomic E-state index is -0.882. The second-order valence-corrected chi connectivity index (χ2v) is 11.7. The first-order valence-electron chi connectivity index (χ1n) is 12.9. The monoisotopic (exact) mass is 543 g/mol. The fourth-order valence-electron chi connectivity index (χ4n) is 3.46. The van der Waals surface area contributed by atoms with Crippen LogP contribution in [0.3, 0.4) is 0 Å². The lowest BCUT2D eigenvalue weighted by Gasteiger charge is -2.25. The molecule has 3 amide bonds. The number of hydrogen-bond donors (Lipinski definition) is 4. The van der Waals surface area contributed by atoms with Gasteiger partial charge in [0.2, 0.25) is 0 Å². The molecule has 11 nitrogen and oxygen atoms in total. The van der Waals surface area contributed by atoms with Crippen molar-refractivity contribution in [3.8, 4) is 0 Å². The Balaban J connectivity index is 1.97. The molecule has 0 fully saturated rings. The first-order valence-corrected chi connectivity index (χ1v) is 12.9. The van der Waals surface area contributed by atoms with E-state index in [0.717, 1.165) is 11.1 Å². The summed E-state index contributed by atoms with van der Waals surface area (Å²) in [5.41, 5.74) is 0.268. The summed E-state index contributed by atoms with van der Waals surface area (Å²) >= 11 is 0. The van der Waals surface area contributed by atoms with E-state index in [1.807, 2.05) is 38.1 Å². The lowest BCUT2D eigenvalue weighted by molar-refractivity contribution is -0.157. The summed E-state index contributed by atoms with van der Waals surface area (Å²) in [5, 5.41) is 8.12. The Morgan fingerprint density at radius 3 is 1.90 bits per heavy atom. The van der Waals surface area contributed by atoms with E-state index in [1.165, 1.54) is 6.33 Å². The number of esters is 1. The first-order chi connectivity index (χ1) is 18.0. The van der Waals surface area contributed by atoms with Crippen LogP contribution in [0.1, 0.15) is 93.9 Å². The Hall–Kier alpha value is -3.89. The van der Waals surface area contributed by atoms with Gasteiger partial charge in [-0.3, -0.25) is 9.59 Å². The lowest BCUT2D eigenvalue weighted by Crippen LogP contribution is -2.45. The number of rotatable bonds is 10. The standard InChI is InChI=1S/C28H41N5O6/c1-17(2)13-20(25(36)38-27(3,4)5)33-24(35)22-21(31-16-32-22)23(34)29-14-18-9-11-19(12-10-18)15-30-26(37)39-28(6,7)8/h9-12,16-17,20H,13-15H2,1-8H3,(H,29,34)(H,30,37)(H,31,32)(H,33,35)/t20-/m0/s1. The molecule has 1 aromatic heterocycles. The molecule has 0 aliphatic heterocycles. The molecular formula is C28H41N5O6. The van der Waals surface area contributed by atoms with Crippen LogP contribution in [0.25, 0.3) is 0 Å². The van der Waals surface area contributed by atoms with Crippen LogP contribution in [0.5, 0.6) is 0 Å². The number of carbonyl (C=O) groups excluding carboxylic acids is 4. The van der Waals surface area contributed by atoms with Gasteiger partial charge in [-0.05, 0) is 65.0 Å². The molecule has 0 radical (unpaired) electrons. The average Bonchev–Trinajstić information content (AvgIpc) is 3.29. The largest absolute Gasteiger partial charge is 0.458 e. The van der Waals surface area contributed by atoms with Crippen LogP contribution in [0.2, 0.25) is 0 Å². The molecule has 1 aromatic carbocycles. The van der Waals surface area contributed by atoms with Crippen molar-refractivity contribution >= 4 is 23.9 Å². The van der Waals surface area contributed by atoms with Crippen LogP contribution in [-0.4, -0.2) is 51.1 Å². The smallest absolute Gasteiger partial charge is 0.407 e. The van der Waals surface area contributed by atoms with Crippen molar-refractivity contribution in [1.29, 1.82) is 0 Å². The van der Waals surface area contributed by atoms with Gasteiger partial charge in [0.25, 0.3) is 11.8 Å². The highest BCUT2D eigenvalue weighted by Crippen LogP contribution is 2.14. The molecule has 2 rings (SSSR count). The van der Waals surface area contributed by atoms with Crippen LogP contribution < -0.4 is 16.0 Å². The summed E-state index contributed by atoms with van der Waals surface area (Å²) in [6, 6.07) is 6.43. The molecule has 0 unspecified atom stereocenters. The van der Waals surface area contributed by atoms with Crippen LogP contribution >= 0.6 is 0 Å². The maximum Gasteiger partial charge on any atom is 0.407 e. The van der Waals surface area contributed by atoms with Gasteiger partial charge in [0.1, 0.15) is 22.9 Å². The highest BCUT2D eigenvalue weighted by Gasteiger charge is 2.30. The third-order valence-corrected chi connectivity index (χ3v) is 5.10. The predicted molar refractivity (Wildman–Crippen MR) is 146 cm³/mol. The molecule has 0 aliphatic rings. The zero-order chi connectivity index (χ0) is 29.4. The highest BCUT2D eigenvalue weighted by molar-refractivity contribution is 6.05. The number of amides is 3. The molecule has 0 bridgehead atoms. The highest BCUT2D eigenvalue weighted by atomic mass is 16.6. The number of alkyl carbamates (subject to hydrolysis) is 1. The Labute approximate surface area is 229 Å². The summed E-state index contributed by atoms with van der Waals surface area (Å²) in [7, 11) is 0. The van der Waals surface area contributed by atoms with Crippen molar-refractivity contribution in [2.75, 3.05) is 0 Å². The Morgan fingerprint density at radius 2 is 1.38 bits per heavy atom. The van der Waals surface area contributed by atoms with E-state index in [-0.39, 0.29) is 23.9 Å². The maximum atomic E-state index is 13.0. The normalized spacial score (nSPS) is 12.4. The Morgan fingerprint density at radius 1 is 0.846 bits per heavy atom. The van der Waals surface area contributed by atoms with Crippen molar-refractivity contribution in [3.05, 3.63) is 53.1 Å². The molecule has 0 saturated heterocycles. The summed E-state index contributed by atoms with van der Waals surface area (Å²) in [4.78, 5) is 57.0. The van der Waals surface area contributed by atoms with E-state index in [4.69, 9.17) is 9.47 Å². The molecule has 2 aromatic rings. The number of benzene rings is 1. The molecule has 11 heteroatoms. The minimum Gasteiger partial charge on any atom is -0.458 e. The average molecular weight is 544 g/mol. The first kappa shape index (κ1) is 31.3. The third kappa shape index (κ3) is 11.2. The number of nitrogens with one attached hydrogen (secondary N) is 4. The molecule has 0 saturated carbocycles. The molecule has 4 N–H and O–H groups in total. The molecule has 0 spiro atoms. The lowest BCUT2D eigenvalue weighted by atomic mass is 10.0. The molecular weight excluding hydrogens is 502 g/mol. The van der Waals surface area contributed by atoms with Gasteiger partial charge in [-0.25, -0.2) is 14.6 Å². The SMILES string of the molecule is CC(C)C[C@H](NC(=O)c1nc[nH]c1C(=O)NCc1ccc(CNC(=O)OC(C)(C)C)cc1)C(=O)OC(C)(C)C. The zero-order valence-electron chi connectivity index (χ0n) is 24.1. The zero-order valence-corrected chi connectivity index (χ0v) is 24.1. The van der Waals surface area contributed by atoms with E-state index < -0.39 is 41.1 Å². The molecule has 0 aliphatic carbocycles. The molecule has 1 heterocycles. The topological polar surface area (TPSA) is 152 Å². The van der Waals surface area contributed by atoms with Crippen LogP contribution in [0, 0.1) is 5.92 Å². The molecule has 214 valence electrons. The van der Waals surface area contributed by atoms with Gasteiger partial charge in [0.15, 0.2) is 5.69 Å². The molecule has 39 heavy (non-hydrogen) atoms. The number of aromatic amines is 1. The Bertz CT molecular complexity index is 1140. The molecule has 1 atom stereocenters. The van der Waals surface area contributed by atoms with Gasteiger partial charge in [-0.1, -0.05) is 38.1 Å². The number of hydrogen-bond acceptors (Lipinski definition) is 7. The summed E-state index contributed by atoms with van der Waals surface area (Å²) in [5.74, 6) is -1.61.